The molecule has 1 heterocycles. The lowest BCUT2D eigenvalue weighted by Gasteiger charge is -2.30. The Labute approximate surface area is 209 Å². The summed E-state index contributed by atoms with van der Waals surface area (Å²) in [5.41, 5.74) is 6.07. The van der Waals surface area contributed by atoms with Crippen molar-refractivity contribution in [2.24, 2.45) is 5.92 Å². The van der Waals surface area contributed by atoms with Gasteiger partial charge in [0, 0.05) is 22.2 Å². The molecule has 4 nitrogen and oxygen atoms in total. The number of hydrogen-bond acceptors (Lipinski definition) is 4. The van der Waals surface area contributed by atoms with Crippen LogP contribution in [0.15, 0.2) is 88.5 Å². The molecular formula is C29H29BrN2O2. The average molecular weight is 517 g/mol. The third kappa shape index (κ3) is 4.76. The smallest absolute Gasteiger partial charge is 0.163 e. The number of hydrogen-bond donors (Lipinski definition) is 2. The monoisotopic (exact) mass is 516 g/mol. The summed E-state index contributed by atoms with van der Waals surface area (Å²) in [6.45, 7) is 4.98. The SMILES string of the molecule is CC(C)COc1ccc(C2CC(=O)C3=C(C2)Nc2ccccc2NC3c2cccc(Br)c2)cc1. The van der Waals surface area contributed by atoms with Crippen molar-refractivity contribution in [3.05, 3.63) is 99.7 Å². The van der Waals surface area contributed by atoms with Gasteiger partial charge < -0.3 is 15.4 Å². The number of Topliss-reactive ketones (excluding diaryl/α,β-unsaturated/α-hetero) is 1. The van der Waals surface area contributed by atoms with Gasteiger partial charge in [0.15, 0.2) is 5.78 Å². The first kappa shape index (κ1) is 22.7. The number of halogens is 1. The molecule has 1 aliphatic heterocycles. The number of ether oxygens (including phenoxy) is 1. The van der Waals surface area contributed by atoms with Crippen molar-refractivity contribution in [2.45, 2.75) is 38.6 Å². The molecule has 3 aromatic rings. The Morgan fingerprint density at radius 2 is 1.71 bits per heavy atom. The molecular weight excluding hydrogens is 488 g/mol. The van der Waals surface area contributed by atoms with Gasteiger partial charge in [-0.3, -0.25) is 4.79 Å². The van der Waals surface area contributed by atoms with E-state index < -0.39 is 0 Å². The number of carbonyl (C=O) groups excluding carboxylic acids is 1. The summed E-state index contributed by atoms with van der Waals surface area (Å²) in [6.07, 6.45) is 1.28. The van der Waals surface area contributed by atoms with Crippen LogP contribution in [0.4, 0.5) is 11.4 Å². The Bertz CT molecular complexity index is 1230. The third-order valence-corrected chi connectivity index (χ3v) is 6.92. The minimum atomic E-state index is -0.205. The zero-order chi connectivity index (χ0) is 23.7. The summed E-state index contributed by atoms with van der Waals surface area (Å²) in [5.74, 6) is 1.67. The number of para-hydroxylation sites is 2. The summed E-state index contributed by atoms with van der Waals surface area (Å²) < 4.78 is 6.84. The first-order chi connectivity index (χ1) is 16.5. The predicted octanol–water partition coefficient (Wildman–Crippen LogP) is 7.46. The zero-order valence-electron chi connectivity index (χ0n) is 19.5. The maximum Gasteiger partial charge on any atom is 0.163 e. The zero-order valence-corrected chi connectivity index (χ0v) is 21.1. The van der Waals surface area contributed by atoms with E-state index in [9.17, 15) is 4.79 Å². The Morgan fingerprint density at radius 1 is 0.941 bits per heavy atom. The van der Waals surface area contributed by atoms with Crippen LogP contribution in [-0.4, -0.2) is 12.4 Å². The number of carbonyl (C=O) groups is 1. The van der Waals surface area contributed by atoms with Gasteiger partial charge >= 0.3 is 0 Å². The molecule has 0 fully saturated rings. The highest BCUT2D eigenvalue weighted by Gasteiger charge is 2.36. The van der Waals surface area contributed by atoms with Crippen molar-refractivity contribution in [1.29, 1.82) is 0 Å². The van der Waals surface area contributed by atoms with E-state index in [0.717, 1.165) is 44.9 Å². The molecule has 0 saturated heterocycles. The van der Waals surface area contributed by atoms with E-state index in [1.165, 1.54) is 5.56 Å². The molecule has 5 heteroatoms. The van der Waals surface area contributed by atoms with Gasteiger partial charge in [0.25, 0.3) is 0 Å². The molecule has 3 aromatic carbocycles. The standard InChI is InChI=1S/C29H29BrN2O2/c1-18(2)17-34-23-12-10-19(11-13-23)21-15-26-28(27(33)16-21)29(20-6-5-7-22(30)14-20)32-25-9-4-3-8-24(25)31-26/h3-14,18,21,29,31-32H,15-17H2,1-2H3. The summed E-state index contributed by atoms with van der Waals surface area (Å²) >= 11 is 3.59. The molecule has 174 valence electrons. The van der Waals surface area contributed by atoms with Crippen molar-refractivity contribution in [1.82, 2.24) is 0 Å². The van der Waals surface area contributed by atoms with Gasteiger partial charge in [-0.1, -0.05) is 66.2 Å². The van der Waals surface area contributed by atoms with Crippen LogP contribution in [-0.2, 0) is 4.79 Å². The molecule has 2 aliphatic rings. The molecule has 5 rings (SSSR count). The summed E-state index contributed by atoms with van der Waals surface area (Å²) in [4.78, 5) is 13.7. The van der Waals surface area contributed by atoms with Gasteiger partial charge in [0.2, 0.25) is 0 Å². The highest BCUT2D eigenvalue weighted by atomic mass is 79.9. The van der Waals surface area contributed by atoms with Crippen LogP contribution >= 0.6 is 15.9 Å². The van der Waals surface area contributed by atoms with E-state index in [0.29, 0.717) is 18.9 Å². The van der Waals surface area contributed by atoms with Crippen molar-refractivity contribution >= 4 is 33.1 Å². The topological polar surface area (TPSA) is 50.4 Å². The molecule has 2 N–H and O–H groups in total. The Balaban J connectivity index is 1.48. The number of nitrogens with one attached hydrogen (secondary N) is 2. The summed E-state index contributed by atoms with van der Waals surface area (Å²) in [6, 6.07) is 24.4. The summed E-state index contributed by atoms with van der Waals surface area (Å²) in [5, 5.41) is 7.25. The molecule has 0 amide bonds. The first-order valence-electron chi connectivity index (χ1n) is 11.8. The Hall–Kier alpha value is -3.05. The van der Waals surface area contributed by atoms with E-state index in [4.69, 9.17) is 4.74 Å². The van der Waals surface area contributed by atoms with Crippen LogP contribution in [0.25, 0.3) is 0 Å². The Kier molecular flexibility index (Phi) is 6.46. The van der Waals surface area contributed by atoms with Crippen LogP contribution in [0.3, 0.4) is 0 Å². The Morgan fingerprint density at radius 3 is 2.44 bits per heavy atom. The maximum absolute atomic E-state index is 13.7. The molecule has 34 heavy (non-hydrogen) atoms. The van der Waals surface area contributed by atoms with Gasteiger partial charge in [-0.2, -0.15) is 0 Å². The quantitative estimate of drug-likeness (QED) is 0.369. The lowest BCUT2D eigenvalue weighted by Crippen LogP contribution is -2.26. The first-order valence-corrected chi connectivity index (χ1v) is 12.6. The van der Waals surface area contributed by atoms with Gasteiger partial charge in [0.05, 0.1) is 24.0 Å². The second-order valence-corrected chi connectivity index (χ2v) is 10.4. The number of rotatable bonds is 5. The second-order valence-electron chi connectivity index (χ2n) is 9.50. The second kappa shape index (κ2) is 9.67. The van der Waals surface area contributed by atoms with E-state index in [2.05, 4.69) is 76.8 Å². The molecule has 0 radical (unpaired) electrons. The van der Waals surface area contributed by atoms with Crippen molar-refractivity contribution in [3.63, 3.8) is 0 Å². The minimum absolute atomic E-state index is 0.131. The predicted molar refractivity (Wildman–Crippen MR) is 141 cm³/mol. The number of anilines is 2. The molecule has 0 bridgehead atoms. The average Bonchev–Trinajstić information content (AvgIpc) is 3.00. The molecule has 2 atom stereocenters. The molecule has 0 spiro atoms. The van der Waals surface area contributed by atoms with Crippen LogP contribution in [0.2, 0.25) is 0 Å². The van der Waals surface area contributed by atoms with Gasteiger partial charge in [-0.15, -0.1) is 0 Å². The fourth-order valence-corrected chi connectivity index (χ4v) is 5.18. The molecule has 0 aromatic heterocycles. The van der Waals surface area contributed by atoms with Crippen molar-refractivity contribution in [2.75, 3.05) is 17.2 Å². The third-order valence-electron chi connectivity index (χ3n) is 6.43. The fourth-order valence-electron chi connectivity index (χ4n) is 4.76. The van der Waals surface area contributed by atoms with Crippen LogP contribution < -0.4 is 15.4 Å². The van der Waals surface area contributed by atoms with Gasteiger partial charge in [0.1, 0.15) is 5.75 Å². The number of benzene rings is 3. The van der Waals surface area contributed by atoms with Crippen LogP contribution in [0.5, 0.6) is 5.75 Å². The van der Waals surface area contributed by atoms with E-state index in [1.807, 2.05) is 36.4 Å². The molecule has 0 saturated carbocycles. The highest BCUT2D eigenvalue weighted by Crippen LogP contribution is 2.44. The number of fused-ring (bicyclic) bond motifs is 1. The largest absolute Gasteiger partial charge is 0.493 e. The normalized spacial score (nSPS) is 19.6. The maximum atomic E-state index is 13.7. The van der Waals surface area contributed by atoms with E-state index >= 15 is 0 Å². The van der Waals surface area contributed by atoms with Gasteiger partial charge in [-0.25, -0.2) is 0 Å². The minimum Gasteiger partial charge on any atom is -0.493 e. The number of allylic oxidation sites excluding steroid dienone is 1. The van der Waals surface area contributed by atoms with Gasteiger partial charge in [-0.05, 0) is 65.8 Å². The van der Waals surface area contributed by atoms with E-state index in [1.54, 1.807) is 0 Å². The fraction of sp³-hybridized carbons (Fsp3) is 0.276. The molecule has 1 aliphatic carbocycles. The number of ketones is 1. The summed E-state index contributed by atoms with van der Waals surface area (Å²) in [7, 11) is 0. The lowest BCUT2D eigenvalue weighted by atomic mass is 9.78. The van der Waals surface area contributed by atoms with Crippen LogP contribution in [0.1, 0.15) is 49.8 Å². The van der Waals surface area contributed by atoms with Crippen LogP contribution in [0, 0.1) is 5.92 Å². The highest BCUT2D eigenvalue weighted by molar-refractivity contribution is 9.10. The lowest BCUT2D eigenvalue weighted by molar-refractivity contribution is -0.116. The van der Waals surface area contributed by atoms with Crippen molar-refractivity contribution in [3.8, 4) is 5.75 Å². The van der Waals surface area contributed by atoms with E-state index in [-0.39, 0.29) is 17.7 Å². The molecule has 2 unspecified atom stereocenters. The van der Waals surface area contributed by atoms with Crippen molar-refractivity contribution < 1.29 is 9.53 Å².